The van der Waals surface area contributed by atoms with Gasteiger partial charge in [-0.05, 0) is 49.6 Å². The molecule has 2 amide bonds. The highest BCUT2D eigenvalue weighted by Crippen LogP contribution is 2.30. The van der Waals surface area contributed by atoms with Crippen molar-refractivity contribution in [3.63, 3.8) is 0 Å². The van der Waals surface area contributed by atoms with E-state index in [0.29, 0.717) is 10.0 Å². The van der Waals surface area contributed by atoms with Gasteiger partial charge in [0.15, 0.2) is 0 Å². The molecule has 0 radical (unpaired) electrons. The van der Waals surface area contributed by atoms with Gasteiger partial charge in [-0.25, -0.2) is 0 Å². The Morgan fingerprint density at radius 3 is 1.88 bits per heavy atom. The Bertz CT molecular complexity index is 1060. The van der Waals surface area contributed by atoms with Gasteiger partial charge in [0.05, 0.1) is 10.0 Å². The molecule has 0 aromatic heterocycles. The monoisotopic (exact) mass is 496 g/mol. The van der Waals surface area contributed by atoms with Gasteiger partial charge in [0.25, 0.3) is 0 Å². The van der Waals surface area contributed by atoms with Crippen LogP contribution in [0.3, 0.4) is 0 Å². The van der Waals surface area contributed by atoms with E-state index in [1.807, 2.05) is 80.6 Å². The molecule has 3 aromatic carbocycles. The Hall–Kier alpha value is -2.82. The number of rotatable bonds is 9. The molecule has 0 aliphatic rings. The van der Waals surface area contributed by atoms with E-state index in [1.54, 1.807) is 24.0 Å². The lowest BCUT2D eigenvalue weighted by atomic mass is 9.88. The van der Waals surface area contributed by atoms with Gasteiger partial charge >= 0.3 is 0 Å². The van der Waals surface area contributed by atoms with E-state index >= 15 is 0 Å². The lowest BCUT2D eigenvalue weighted by molar-refractivity contribution is -0.141. The summed E-state index contributed by atoms with van der Waals surface area (Å²) in [5.74, 6) is -0.443. The molecule has 0 bridgehead atoms. The molecular formula is C28H30Cl2N2O2. The molecular weight excluding hydrogens is 467 g/mol. The zero-order valence-corrected chi connectivity index (χ0v) is 21.2. The molecule has 0 heterocycles. The molecule has 1 N–H and O–H groups in total. The van der Waals surface area contributed by atoms with Gasteiger partial charge in [-0.2, -0.15) is 0 Å². The maximum absolute atomic E-state index is 13.8. The van der Waals surface area contributed by atoms with Gasteiger partial charge in [-0.15, -0.1) is 0 Å². The van der Waals surface area contributed by atoms with E-state index in [0.717, 1.165) is 16.7 Å². The van der Waals surface area contributed by atoms with E-state index in [2.05, 4.69) is 5.32 Å². The maximum Gasteiger partial charge on any atom is 0.242 e. The Labute approximate surface area is 211 Å². The van der Waals surface area contributed by atoms with Crippen LogP contribution in [0.15, 0.2) is 78.9 Å². The predicted octanol–water partition coefficient (Wildman–Crippen LogP) is 6.46. The van der Waals surface area contributed by atoms with E-state index in [4.69, 9.17) is 23.2 Å². The fraction of sp³-hybridized carbons (Fsp3) is 0.286. The van der Waals surface area contributed by atoms with Crippen molar-refractivity contribution in [2.75, 3.05) is 0 Å². The standard InChI is InChI=1S/C28H30Cl2N2O2/c1-19(2)31-28(34)20(3)32(18-21-14-15-25(29)26(30)16-21)27(33)17-24(22-10-6-4-7-11-22)23-12-8-5-9-13-23/h4-16,19-20,24H,17-18H2,1-3H3,(H,31,34)/t20-/m0/s1. The largest absolute Gasteiger partial charge is 0.352 e. The number of nitrogens with one attached hydrogen (secondary N) is 1. The van der Waals surface area contributed by atoms with Gasteiger partial charge in [0, 0.05) is 24.9 Å². The predicted molar refractivity (Wildman–Crippen MR) is 139 cm³/mol. The second-order valence-corrected chi connectivity index (χ2v) is 9.50. The molecule has 34 heavy (non-hydrogen) atoms. The van der Waals surface area contributed by atoms with Crippen LogP contribution in [0, 0.1) is 0 Å². The van der Waals surface area contributed by atoms with Gasteiger partial charge in [-0.3, -0.25) is 9.59 Å². The highest BCUT2D eigenvalue weighted by molar-refractivity contribution is 6.42. The first-order chi connectivity index (χ1) is 16.3. The highest BCUT2D eigenvalue weighted by Gasteiger charge is 2.29. The topological polar surface area (TPSA) is 49.4 Å². The first-order valence-electron chi connectivity index (χ1n) is 11.4. The summed E-state index contributed by atoms with van der Waals surface area (Å²) in [6, 6.07) is 24.5. The lowest BCUT2D eigenvalue weighted by Gasteiger charge is -2.31. The van der Waals surface area contributed by atoms with Gasteiger partial charge in [0.2, 0.25) is 11.8 Å². The summed E-state index contributed by atoms with van der Waals surface area (Å²) in [4.78, 5) is 28.3. The van der Waals surface area contributed by atoms with Crippen molar-refractivity contribution < 1.29 is 9.59 Å². The minimum atomic E-state index is -0.656. The zero-order valence-electron chi connectivity index (χ0n) is 19.7. The van der Waals surface area contributed by atoms with Gasteiger partial charge in [0.1, 0.15) is 6.04 Å². The Morgan fingerprint density at radius 1 is 0.824 bits per heavy atom. The third-order valence-corrected chi connectivity index (χ3v) is 6.46. The maximum atomic E-state index is 13.8. The quantitative estimate of drug-likeness (QED) is 0.369. The zero-order chi connectivity index (χ0) is 24.7. The fourth-order valence-corrected chi connectivity index (χ4v) is 4.23. The summed E-state index contributed by atoms with van der Waals surface area (Å²) >= 11 is 12.3. The van der Waals surface area contributed by atoms with Crippen molar-refractivity contribution in [3.05, 3.63) is 106 Å². The first kappa shape index (κ1) is 25.8. The summed E-state index contributed by atoms with van der Waals surface area (Å²) in [6.07, 6.45) is 0.231. The Kier molecular flexibility index (Phi) is 9.14. The number of nitrogens with zero attached hydrogens (tertiary/aromatic N) is 1. The molecule has 1 atom stereocenters. The van der Waals surface area contributed by atoms with Crippen LogP contribution in [-0.4, -0.2) is 28.8 Å². The van der Waals surface area contributed by atoms with E-state index in [-0.39, 0.29) is 36.7 Å². The lowest BCUT2D eigenvalue weighted by Crippen LogP contribution is -2.49. The average Bonchev–Trinajstić information content (AvgIpc) is 2.83. The molecule has 3 aromatic rings. The summed E-state index contributed by atoms with van der Waals surface area (Å²) in [7, 11) is 0. The average molecular weight is 497 g/mol. The van der Waals surface area contributed by atoms with Crippen LogP contribution >= 0.6 is 23.2 Å². The smallest absolute Gasteiger partial charge is 0.242 e. The number of amides is 2. The van der Waals surface area contributed by atoms with Crippen LogP contribution in [0.1, 0.15) is 49.8 Å². The third-order valence-electron chi connectivity index (χ3n) is 5.72. The molecule has 178 valence electrons. The number of halogens is 2. The Morgan fingerprint density at radius 2 is 1.38 bits per heavy atom. The molecule has 0 unspecified atom stereocenters. The van der Waals surface area contributed by atoms with Crippen LogP contribution in [-0.2, 0) is 16.1 Å². The second-order valence-electron chi connectivity index (χ2n) is 8.69. The second kappa shape index (κ2) is 12.0. The Balaban J connectivity index is 1.93. The molecule has 0 saturated heterocycles. The summed E-state index contributed by atoms with van der Waals surface area (Å²) in [5, 5.41) is 3.78. The molecule has 3 rings (SSSR count). The highest BCUT2D eigenvalue weighted by atomic mass is 35.5. The van der Waals surface area contributed by atoms with E-state index in [1.165, 1.54) is 0 Å². The van der Waals surface area contributed by atoms with Gasteiger partial charge < -0.3 is 10.2 Å². The molecule has 0 aliphatic carbocycles. The van der Waals surface area contributed by atoms with Crippen LogP contribution in [0.4, 0.5) is 0 Å². The molecule has 0 aliphatic heterocycles. The number of benzene rings is 3. The molecule has 0 spiro atoms. The van der Waals surface area contributed by atoms with Crippen LogP contribution in [0.5, 0.6) is 0 Å². The molecule has 0 fully saturated rings. The summed E-state index contributed by atoms with van der Waals surface area (Å²) < 4.78 is 0. The summed E-state index contributed by atoms with van der Waals surface area (Å²) in [5.41, 5.74) is 2.91. The van der Waals surface area contributed by atoms with Crippen molar-refractivity contribution in [3.8, 4) is 0 Å². The minimum Gasteiger partial charge on any atom is -0.352 e. The van der Waals surface area contributed by atoms with Crippen molar-refractivity contribution in [1.82, 2.24) is 10.2 Å². The normalized spacial score (nSPS) is 12.0. The SMILES string of the molecule is CC(C)NC(=O)[C@H](C)N(Cc1ccc(Cl)c(Cl)c1)C(=O)CC(c1ccccc1)c1ccccc1. The van der Waals surface area contributed by atoms with Crippen molar-refractivity contribution in [2.24, 2.45) is 0 Å². The number of carbonyl (C=O) groups is 2. The van der Waals surface area contributed by atoms with Crippen molar-refractivity contribution >= 4 is 35.0 Å². The third kappa shape index (κ3) is 6.85. The summed E-state index contributed by atoms with van der Waals surface area (Å²) in [6.45, 7) is 5.80. The minimum absolute atomic E-state index is 0.0294. The van der Waals surface area contributed by atoms with Crippen molar-refractivity contribution in [2.45, 2.75) is 51.7 Å². The fourth-order valence-electron chi connectivity index (χ4n) is 3.91. The van der Waals surface area contributed by atoms with Crippen LogP contribution < -0.4 is 5.32 Å². The van der Waals surface area contributed by atoms with Crippen LogP contribution in [0.25, 0.3) is 0 Å². The first-order valence-corrected chi connectivity index (χ1v) is 12.2. The van der Waals surface area contributed by atoms with Gasteiger partial charge in [-0.1, -0.05) is 89.9 Å². The molecule has 4 nitrogen and oxygen atoms in total. The van der Waals surface area contributed by atoms with Crippen molar-refractivity contribution in [1.29, 1.82) is 0 Å². The number of carbonyl (C=O) groups excluding carboxylic acids is 2. The van der Waals surface area contributed by atoms with E-state index < -0.39 is 6.04 Å². The van der Waals surface area contributed by atoms with E-state index in [9.17, 15) is 9.59 Å². The number of hydrogen-bond acceptors (Lipinski definition) is 2. The molecule has 0 saturated carbocycles. The molecule has 6 heteroatoms. The number of hydrogen-bond donors (Lipinski definition) is 1. The van der Waals surface area contributed by atoms with Crippen LogP contribution in [0.2, 0.25) is 10.0 Å².